The molecule has 2 amide bonds. The van der Waals surface area contributed by atoms with Gasteiger partial charge in [-0.25, -0.2) is 0 Å². The number of amides is 2. The van der Waals surface area contributed by atoms with Crippen molar-refractivity contribution in [3.63, 3.8) is 0 Å². The van der Waals surface area contributed by atoms with E-state index in [4.69, 9.17) is 11.6 Å². The lowest BCUT2D eigenvalue weighted by atomic mass is 10.2. The van der Waals surface area contributed by atoms with Crippen LogP contribution in [0.4, 0.5) is 5.69 Å². The SMILES string of the molecule is CC(=O)Nc1ccc(Cl)c(C(=O)NCc2cnc(C)cn2)c1. The summed E-state index contributed by atoms with van der Waals surface area (Å²) in [6.45, 7) is 3.47. The third-order valence-electron chi connectivity index (χ3n) is 2.80. The molecular formula is C15H15ClN4O2. The molecule has 0 fully saturated rings. The minimum Gasteiger partial charge on any atom is -0.346 e. The van der Waals surface area contributed by atoms with E-state index >= 15 is 0 Å². The second-order valence-corrected chi connectivity index (χ2v) is 5.11. The number of hydrogen-bond donors (Lipinski definition) is 2. The lowest BCUT2D eigenvalue weighted by molar-refractivity contribution is -0.114. The lowest BCUT2D eigenvalue weighted by Gasteiger charge is -2.09. The van der Waals surface area contributed by atoms with Crippen LogP contribution in [0.5, 0.6) is 0 Å². The van der Waals surface area contributed by atoms with Crippen molar-refractivity contribution in [2.24, 2.45) is 0 Å². The number of rotatable bonds is 4. The Bertz CT molecular complexity index is 701. The highest BCUT2D eigenvalue weighted by atomic mass is 35.5. The van der Waals surface area contributed by atoms with E-state index in [1.165, 1.54) is 13.0 Å². The van der Waals surface area contributed by atoms with Gasteiger partial charge in [-0.15, -0.1) is 0 Å². The first-order chi connectivity index (χ1) is 10.5. The van der Waals surface area contributed by atoms with Crippen molar-refractivity contribution in [3.05, 3.63) is 52.6 Å². The Labute approximate surface area is 132 Å². The van der Waals surface area contributed by atoms with Gasteiger partial charge in [-0.3, -0.25) is 19.6 Å². The predicted octanol–water partition coefficient (Wildman–Crippen LogP) is 2.33. The Morgan fingerprint density at radius 2 is 2.00 bits per heavy atom. The molecule has 7 heteroatoms. The molecule has 0 radical (unpaired) electrons. The van der Waals surface area contributed by atoms with Gasteiger partial charge in [0.15, 0.2) is 0 Å². The molecule has 1 aromatic carbocycles. The molecule has 0 atom stereocenters. The summed E-state index contributed by atoms with van der Waals surface area (Å²) in [5, 5.41) is 5.63. The first-order valence-electron chi connectivity index (χ1n) is 6.58. The van der Waals surface area contributed by atoms with Gasteiger partial charge in [-0.2, -0.15) is 0 Å². The summed E-state index contributed by atoms with van der Waals surface area (Å²) in [4.78, 5) is 31.5. The van der Waals surface area contributed by atoms with Crippen molar-refractivity contribution in [2.45, 2.75) is 20.4 Å². The van der Waals surface area contributed by atoms with Gasteiger partial charge in [0, 0.05) is 18.8 Å². The molecule has 22 heavy (non-hydrogen) atoms. The third kappa shape index (κ3) is 4.26. The zero-order valence-electron chi connectivity index (χ0n) is 12.2. The van der Waals surface area contributed by atoms with Gasteiger partial charge in [-0.1, -0.05) is 11.6 Å². The fraction of sp³-hybridized carbons (Fsp3) is 0.200. The zero-order valence-corrected chi connectivity index (χ0v) is 12.9. The fourth-order valence-electron chi connectivity index (χ4n) is 1.76. The van der Waals surface area contributed by atoms with Crippen molar-refractivity contribution >= 4 is 29.1 Å². The number of carbonyl (C=O) groups is 2. The quantitative estimate of drug-likeness (QED) is 0.906. The number of aryl methyl sites for hydroxylation is 1. The summed E-state index contributed by atoms with van der Waals surface area (Å²) in [5.74, 6) is -0.566. The van der Waals surface area contributed by atoms with Crippen LogP contribution < -0.4 is 10.6 Å². The Balaban J connectivity index is 2.08. The van der Waals surface area contributed by atoms with Gasteiger partial charge >= 0.3 is 0 Å². The maximum absolute atomic E-state index is 12.2. The molecule has 2 aromatic rings. The number of carbonyl (C=O) groups excluding carboxylic acids is 2. The predicted molar refractivity (Wildman–Crippen MR) is 83.7 cm³/mol. The smallest absolute Gasteiger partial charge is 0.253 e. The average molecular weight is 319 g/mol. The van der Waals surface area contributed by atoms with Gasteiger partial charge in [0.1, 0.15) is 0 Å². The van der Waals surface area contributed by atoms with E-state index < -0.39 is 0 Å². The largest absolute Gasteiger partial charge is 0.346 e. The van der Waals surface area contributed by atoms with E-state index in [9.17, 15) is 9.59 Å². The van der Waals surface area contributed by atoms with Crippen molar-refractivity contribution in [1.82, 2.24) is 15.3 Å². The van der Waals surface area contributed by atoms with E-state index in [2.05, 4.69) is 20.6 Å². The third-order valence-corrected chi connectivity index (χ3v) is 3.13. The van der Waals surface area contributed by atoms with E-state index in [-0.39, 0.29) is 23.9 Å². The molecule has 0 aliphatic carbocycles. The lowest BCUT2D eigenvalue weighted by Crippen LogP contribution is -2.24. The number of anilines is 1. The highest BCUT2D eigenvalue weighted by Crippen LogP contribution is 2.20. The van der Waals surface area contributed by atoms with Crippen molar-refractivity contribution < 1.29 is 9.59 Å². The van der Waals surface area contributed by atoms with Gasteiger partial charge in [0.05, 0.1) is 34.7 Å². The highest BCUT2D eigenvalue weighted by molar-refractivity contribution is 6.34. The Morgan fingerprint density at radius 3 is 2.64 bits per heavy atom. The van der Waals surface area contributed by atoms with E-state index in [0.29, 0.717) is 16.4 Å². The van der Waals surface area contributed by atoms with Crippen molar-refractivity contribution in [2.75, 3.05) is 5.32 Å². The Kier molecular flexibility index (Phi) is 5.06. The summed E-state index contributed by atoms with van der Waals surface area (Å²) in [6, 6.07) is 4.72. The normalized spacial score (nSPS) is 10.1. The zero-order chi connectivity index (χ0) is 16.1. The molecule has 0 unspecified atom stereocenters. The van der Waals surface area contributed by atoms with Crippen LogP contribution in [-0.4, -0.2) is 21.8 Å². The fourth-order valence-corrected chi connectivity index (χ4v) is 1.96. The molecule has 2 N–H and O–H groups in total. The van der Waals surface area contributed by atoms with Crippen LogP contribution >= 0.6 is 11.6 Å². The second-order valence-electron chi connectivity index (χ2n) is 4.71. The van der Waals surface area contributed by atoms with Crippen molar-refractivity contribution in [3.8, 4) is 0 Å². The van der Waals surface area contributed by atoms with Crippen molar-refractivity contribution in [1.29, 1.82) is 0 Å². The standard InChI is InChI=1S/C15H15ClN4O2/c1-9-6-18-12(7-17-9)8-19-15(22)13-5-11(20-10(2)21)3-4-14(13)16/h3-7H,8H2,1-2H3,(H,19,22)(H,20,21). The first-order valence-corrected chi connectivity index (χ1v) is 6.96. The summed E-state index contributed by atoms with van der Waals surface area (Å²) in [5.41, 5.74) is 2.25. The summed E-state index contributed by atoms with van der Waals surface area (Å²) < 4.78 is 0. The molecule has 114 valence electrons. The summed E-state index contributed by atoms with van der Waals surface area (Å²) in [6.07, 6.45) is 3.23. The van der Waals surface area contributed by atoms with Gasteiger partial charge in [0.2, 0.25) is 5.91 Å². The number of nitrogens with one attached hydrogen (secondary N) is 2. The average Bonchev–Trinajstić information content (AvgIpc) is 2.48. The van der Waals surface area contributed by atoms with E-state index in [0.717, 1.165) is 5.69 Å². The monoisotopic (exact) mass is 318 g/mol. The van der Waals surface area contributed by atoms with E-state index in [1.807, 2.05) is 6.92 Å². The number of hydrogen-bond acceptors (Lipinski definition) is 4. The number of aromatic nitrogens is 2. The van der Waals surface area contributed by atoms with Crippen LogP contribution in [0.2, 0.25) is 5.02 Å². The molecule has 0 aliphatic heterocycles. The number of benzene rings is 1. The molecule has 0 aliphatic rings. The van der Waals surface area contributed by atoms with Crippen LogP contribution in [0.3, 0.4) is 0 Å². The molecular weight excluding hydrogens is 304 g/mol. The van der Waals surface area contributed by atoms with Crippen LogP contribution in [0.1, 0.15) is 28.7 Å². The van der Waals surface area contributed by atoms with Gasteiger partial charge in [0.25, 0.3) is 5.91 Å². The van der Waals surface area contributed by atoms with Crippen LogP contribution in [-0.2, 0) is 11.3 Å². The molecule has 0 spiro atoms. The van der Waals surface area contributed by atoms with Crippen LogP contribution in [0.15, 0.2) is 30.6 Å². The second kappa shape index (κ2) is 7.00. The minimum absolute atomic E-state index is 0.219. The maximum atomic E-state index is 12.2. The first kappa shape index (κ1) is 15.9. The Morgan fingerprint density at radius 1 is 1.23 bits per heavy atom. The van der Waals surface area contributed by atoms with E-state index in [1.54, 1.807) is 24.5 Å². The Hall–Kier alpha value is -2.47. The highest BCUT2D eigenvalue weighted by Gasteiger charge is 2.12. The topological polar surface area (TPSA) is 84.0 Å². The summed E-state index contributed by atoms with van der Waals surface area (Å²) >= 11 is 6.03. The minimum atomic E-state index is -0.348. The number of nitrogens with zero attached hydrogens (tertiary/aromatic N) is 2. The van der Waals surface area contributed by atoms with Gasteiger partial charge in [-0.05, 0) is 25.1 Å². The molecule has 2 rings (SSSR count). The molecule has 6 nitrogen and oxygen atoms in total. The molecule has 0 saturated carbocycles. The van der Waals surface area contributed by atoms with Crippen LogP contribution in [0, 0.1) is 6.92 Å². The molecule has 1 heterocycles. The summed E-state index contributed by atoms with van der Waals surface area (Å²) in [7, 11) is 0. The molecule has 0 bridgehead atoms. The maximum Gasteiger partial charge on any atom is 0.253 e. The number of halogens is 1. The molecule has 1 aromatic heterocycles. The molecule has 0 saturated heterocycles. The van der Waals surface area contributed by atoms with Gasteiger partial charge < -0.3 is 10.6 Å². The van der Waals surface area contributed by atoms with Crippen LogP contribution in [0.25, 0.3) is 0 Å².